The van der Waals surface area contributed by atoms with Crippen LogP contribution in [0.15, 0.2) is 22.8 Å². The lowest BCUT2D eigenvalue weighted by Crippen LogP contribution is -2.65. The first kappa shape index (κ1) is 28.4. The molecule has 0 aromatic heterocycles. The van der Waals surface area contributed by atoms with Crippen LogP contribution in [0.5, 0.6) is 0 Å². The molecule has 10 atom stereocenters. The van der Waals surface area contributed by atoms with Crippen LogP contribution in [0.25, 0.3) is 0 Å². The summed E-state index contributed by atoms with van der Waals surface area (Å²) >= 11 is 0. The van der Waals surface area contributed by atoms with E-state index in [4.69, 9.17) is 4.74 Å². The predicted octanol–water partition coefficient (Wildman–Crippen LogP) is 5.67. The second kappa shape index (κ2) is 9.82. The van der Waals surface area contributed by atoms with Gasteiger partial charge in [-0.1, -0.05) is 39.3 Å². The summed E-state index contributed by atoms with van der Waals surface area (Å²) in [6, 6.07) is 0. The van der Waals surface area contributed by atoms with E-state index in [1.165, 1.54) is 6.92 Å². The standard InChI is InChI=1S/C31H48O6/c1-17(2)9-8-10-20(28(35)36)26-22-15-24(34)27-29(5)13-12-23(33)18(3)21(29)11-14-30(27,6)31(22,7)16-25(26)37-19(4)32/h9,18,21-25,27,33-34H,8,10-16H2,1-7H3,(H,35,36)/b26-20-/t18-,21?,22+,23+,24?,25-,27?,29-,30-,31-/m0/s1. The van der Waals surface area contributed by atoms with Crippen LogP contribution >= 0.6 is 0 Å². The van der Waals surface area contributed by atoms with Gasteiger partial charge >= 0.3 is 11.9 Å². The lowest BCUT2D eigenvalue weighted by atomic mass is 9.36. The molecular weight excluding hydrogens is 468 g/mol. The van der Waals surface area contributed by atoms with E-state index in [0.717, 1.165) is 36.8 Å². The van der Waals surface area contributed by atoms with E-state index in [1.54, 1.807) is 0 Å². The van der Waals surface area contributed by atoms with Crippen molar-refractivity contribution in [3.63, 3.8) is 0 Å². The minimum absolute atomic E-state index is 0.0474. The molecule has 6 heteroatoms. The highest BCUT2D eigenvalue weighted by atomic mass is 16.5. The predicted molar refractivity (Wildman–Crippen MR) is 143 cm³/mol. The molecule has 0 aliphatic heterocycles. The zero-order chi connectivity index (χ0) is 27.5. The van der Waals surface area contributed by atoms with E-state index in [2.05, 4.69) is 27.7 Å². The van der Waals surface area contributed by atoms with Gasteiger partial charge in [-0.3, -0.25) is 4.79 Å². The Morgan fingerprint density at radius 3 is 2.30 bits per heavy atom. The van der Waals surface area contributed by atoms with Gasteiger partial charge in [-0.25, -0.2) is 4.79 Å². The lowest BCUT2D eigenvalue weighted by molar-refractivity contribution is -0.234. The number of ether oxygens (including phenoxy) is 1. The minimum Gasteiger partial charge on any atom is -0.478 e. The van der Waals surface area contributed by atoms with Gasteiger partial charge in [0.25, 0.3) is 0 Å². The largest absolute Gasteiger partial charge is 0.478 e. The average Bonchev–Trinajstić information content (AvgIpc) is 3.05. The molecular formula is C31H48O6. The molecule has 208 valence electrons. The molecule has 0 radical (unpaired) electrons. The topological polar surface area (TPSA) is 104 Å². The van der Waals surface area contributed by atoms with Crippen LogP contribution in [0, 0.1) is 39.9 Å². The van der Waals surface area contributed by atoms with E-state index in [0.29, 0.717) is 37.2 Å². The van der Waals surface area contributed by atoms with Crippen molar-refractivity contribution in [3.05, 3.63) is 22.8 Å². The number of aliphatic hydroxyl groups is 2. The molecule has 37 heavy (non-hydrogen) atoms. The Kier molecular flexibility index (Phi) is 7.53. The van der Waals surface area contributed by atoms with E-state index in [1.807, 2.05) is 19.9 Å². The van der Waals surface area contributed by atoms with Crippen molar-refractivity contribution in [2.45, 2.75) is 118 Å². The Bertz CT molecular complexity index is 994. The summed E-state index contributed by atoms with van der Waals surface area (Å²) in [5, 5.41) is 32.9. The van der Waals surface area contributed by atoms with Crippen molar-refractivity contribution < 1.29 is 29.6 Å². The maximum Gasteiger partial charge on any atom is 0.331 e. The SMILES string of the molecule is CC(=O)O[C@H]1C[C@@]2(C)[C@H](CC(O)C3[C@@]4(C)CC[C@@H](O)[C@@H](C)C4CC[C@@]32C)/C1=C(\CCC=C(C)C)C(=O)O. The van der Waals surface area contributed by atoms with Crippen molar-refractivity contribution in [2.24, 2.45) is 39.9 Å². The van der Waals surface area contributed by atoms with Crippen LogP contribution in [0.4, 0.5) is 0 Å². The van der Waals surface area contributed by atoms with E-state index >= 15 is 0 Å². The van der Waals surface area contributed by atoms with Gasteiger partial charge in [0, 0.05) is 12.5 Å². The molecule has 0 bridgehead atoms. The van der Waals surface area contributed by atoms with E-state index < -0.39 is 24.1 Å². The number of aliphatic carboxylic acids is 1. The van der Waals surface area contributed by atoms with E-state index in [-0.39, 0.29) is 40.1 Å². The summed E-state index contributed by atoms with van der Waals surface area (Å²) in [5.74, 6) is -0.909. The number of aliphatic hydroxyl groups excluding tert-OH is 2. The Hall–Kier alpha value is -1.66. The third-order valence-electron chi connectivity index (χ3n) is 11.6. The second-order valence-electron chi connectivity index (χ2n) is 13.6. The number of carboxylic acids is 1. The molecule has 4 aliphatic carbocycles. The number of fused-ring (bicyclic) bond motifs is 5. The fraction of sp³-hybridized carbons (Fsp3) is 0.806. The van der Waals surface area contributed by atoms with Gasteiger partial charge in [-0.15, -0.1) is 0 Å². The zero-order valence-electron chi connectivity index (χ0n) is 23.8. The molecule has 0 amide bonds. The first-order valence-electron chi connectivity index (χ1n) is 14.3. The fourth-order valence-corrected chi connectivity index (χ4v) is 9.79. The number of hydrogen-bond acceptors (Lipinski definition) is 5. The number of carboxylic acid groups (broad SMARTS) is 1. The van der Waals surface area contributed by atoms with Crippen LogP contribution in [-0.4, -0.2) is 45.6 Å². The second-order valence-corrected chi connectivity index (χ2v) is 13.6. The molecule has 4 rings (SSSR count). The van der Waals surface area contributed by atoms with Crippen LogP contribution in [0.1, 0.15) is 99.8 Å². The Morgan fingerprint density at radius 1 is 1.03 bits per heavy atom. The molecule has 0 spiro atoms. The third-order valence-corrected chi connectivity index (χ3v) is 11.6. The summed E-state index contributed by atoms with van der Waals surface area (Å²) in [6.07, 6.45) is 6.22. The molecule has 0 heterocycles. The highest BCUT2D eigenvalue weighted by Gasteiger charge is 2.70. The molecule has 0 aromatic carbocycles. The molecule has 3 unspecified atom stereocenters. The van der Waals surface area contributed by atoms with Gasteiger partial charge in [0.05, 0.1) is 12.2 Å². The lowest BCUT2D eigenvalue weighted by Gasteiger charge is -2.69. The summed E-state index contributed by atoms with van der Waals surface area (Å²) in [7, 11) is 0. The Labute approximate surface area is 222 Å². The van der Waals surface area contributed by atoms with Crippen molar-refractivity contribution >= 4 is 11.9 Å². The Balaban J connectivity index is 1.82. The van der Waals surface area contributed by atoms with Crippen LogP contribution in [0.2, 0.25) is 0 Å². The summed E-state index contributed by atoms with van der Waals surface area (Å²) in [6.45, 7) is 14.5. The van der Waals surface area contributed by atoms with Crippen molar-refractivity contribution in [2.75, 3.05) is 0 Å². The maximum absolute atomic E-state index is 12.6. The van der Waals surface area contributed by atoms with E-state index in [9.17, 15) is 24.9 Å². The van der Waals surface area contributed by atoms with Crippen molar-refractivity contribution in [3.8, 4) is 0 Å². The highest BCUT2D eigenvalue weighted by Crippen LogP contribution is 2.74. The maximum atomic E-state index is 12.6. The first-order valence-corrected chi connectivity index (χ1v) is 14.3. The normalized spacial score (nSPS) is 46.2. The molecule has 4 saturated carbocycles. The number of carbonyl (C=O) groups excluding carboxylic acids is 1. The number of allylic oxidation sites excluding steroid dienone is 2. The number of rotatable bonds is 5. The quantitative estimate of drug-likeness (QED) is 0.247. The van der Waals surface area contributed by atoms with Gasteiger partial charge in [0.15, 0.2) is 0 Å². The van der Waals surface area contributed by atoms with Gasteiger partial charge in [0.2, 0.25) is 0 Å². The van der Waals surface area contributed by atoms with Gasteiger partial charge in [-0.05, 0) is 111 Å². The molecule has 4 fully saturated rings. The smallest absolute Gasteiger partial charge is 0.331 e. The van der Waals surface area contributed by atoms with Crippen LogP contribution < -0.4 is 0 Å². The Morgan fingerprint density at radius 2 is 1.70 bits per heavy atom. The highest BCUT2D eigenvalue weighted by molar-refractivity contribution is 5.88. The van der Waals surface area contributed by atoms with Crippen molar-refractivity contribution in [1.29, 1.82) is 0 Å². The first-order chi connectivity index (χ1) is 17.2. The van der Waals surface area contributed by atoms with Crippen LogP contribution in [0.3, 0.4) is 0 Å². The molecule has 6 nitrogen and oxygen atoms in total. The molecule has 0 saturated heterocycles. The summed E-state index contributed by atoms with van der Waals surface area (Å²) in [5.41, 5.74) is 1.57. The number of esters is 1. The minimum atomic E-state index is -0.953. The summed E-state index contributed by atoms with van der Waals surface area (Å²) < 4.78 is 5.87. The fourth-order valence-electron chi connectivity index (χ4n) is 9.79. The van der Waals surface area contributed by atoms with Gasteiger partial charge < -0.3 is 20.1 Å². The zero-order valence-corrected chi connectivity index (χ0v) is 23.8. The average molecular weight is 517 g/mol. The summed E-state index contributed by atoms with van der Waals surface area (Å²) in [4.78, 5) is 24.8. The molecule has 0 aromatic rings. The monoisotopic (exact) mass is 516 g/mol. The number of hydrogen-bond donors (Lipinski definition) is 3. The molecule has 4 aliphatic rings. The van der Waals surface area contributed by atoms with Gasteiger partial charge in [-0.2, -0.15) is 0 Å². The van der Waals surface area contributed by atoms with Crippen molar-refractivity contribution in [1.82, 2.24) is 0 Å². The third kappa shape index (κ3) is 4.40. The van der Waals surface area contributed by atoms with Crippen LogP contribution in [-0.2, 0) is 14.3 Å². The molecule has 3 N–H and O–H groups in total. The number of carbonyl (C=O) groups is 2. The van der Waals surface area contributed by atoms with Gasteiger partial charge in [0.1, 0.15) is 6.10 Å².